The van der Waals surface area contributed by atoms with Crippen LogP contribution in [0.3, 0.4) is 0 Å². The fourth-order valence-electron chi connectivity index (χ4n) is 4.13. The molecule has 3 amide bonds. The molecule has 0 radical (unpaired) electrons. The Labute approximate surface area is 196 Å². The molecule has 1 saturated heterocycles. The number of imide groups is 1. The fourth-order valence-corrected chi connectivity index (χ4v) is 4.49. The lowest BCUT2D eigenvalue weighted by molar-refractivity contribution is -0.121. The van der Waals surface area contributed by atoms with Crippen molar-refractivity contribution >= 4 is 33.7 Å². The molecular formula is C24H27BrN4O3. The van der Waals surface area contributed by atoms with Crippen molar-refractivity contribution < 1.29 is 14.4 Å². The summed E-state index contributed by atoms with van der Waals surface area (Å²) in [6, 6.07) is 15.5. The molecule has 168 valence electrons. The molecule has 0 atom stereocenters. The summed E-state index contributed by atoms with van der Waals surface area (Å²) in [5.74, 6) is -0.823. The number of rotatable bonds is 8. The van der Waals surface area contributed by atoms with E-state index in [4.69, 9.17) is 0 Å². The largest absolute Gasteiger partial charge is 0.355 e. The molecule has 2 heterocycles. The summed E-state index contributed by atoms with van der Waals surface area (Å²) in [6.45, 7) is 6.41. The lowest BCUT2D eigenvalue weighted by Crippen LogP contribution is -2.48. The topological polar surface area (TPSA) is 73.0 Å². The van der Waals surface area contributed by atoms with Gasteiger partial charge in [-0.05, 0) is 23.8 Å². The molecule has 0 aliphatic carbocycles. The van der Waals surface area contributed by atoms with Gasteiger partial charge in [0, 0.05) is 63.3 Å². The third-order valence-corrected chi connectivity index (χ3v) is 6.45. The third-order valence-electron chi connectivity index (χ3n) is 5.96. The van der Waals surface area contributed by atoms with Crippen molar-refractivity contribution in [3.63, 3.8) is 0 Å². The van der Waals surface area contributed by atoms with Crippen molar-refractivity contribution in [1.82, 2.24) is 20.0 Å². The normalized spacial score (nSPS) is 17.0. The van der Waals surface area contributed by atoms with Crippen LogP contribution in [0.2, 0.25) is 0 Å². The second-order valence-corrected chi connectivity index (χ2v) is 9.07. The Morgan fingerprint density at radius 3 is 2.31 bits per heavy atom. The minimum atomic E-state index is -0.340. The van der Waals surface area contributed by atoms with Crippen LogP contribution in [0.25, 0.3) is 0 Å². The van der Waals surface area contributed by atoms with E-state index in [0.717, 1.165) is 48.6 Å². The van der Waals surface area contributed by atoms with Crippen LogP contribution in [0.1, 0.15) is 32.7 Å². The van der Waals surface area contributed by atoms with Crippen molar-refractivity contribution in [2.24, 2.45) is 0 Å². The van der Waals surface area contributed by atoms with Crippen LogP contribution < -0.4 is 5.32 Å². The van der Waals surface area contributed by atoms with Gasteiger partial charge in [-0.2, -0.15) is 0 Å². The molecular weight excluding hydrogens is 472 g/mol. The van der Waals surface area contributed by atoms with E-state index in [0.29, 0.717) is 17.7 Å². The van der Waals surface area contributed by atoms with Crippen molar-refractivity contribution in [1.29, 1.82) is 0 Å². The quantitative estimate of drug-likeness (QED) is 0.565. The number of nitrogens with one attached hydrogen (secondary N) is 1. The first-order chi connectivity index (χ1) is 15.5. The van der Waals surface area contributed by atoms with Gasteiger partial charge in [0.2, 0.25) is 5.91 Å². The van der Waals surface area contributed by atoms with Crippen molar-refractivity contribution in [2.45, 2.75) is 13.0 Å². The van der Waals surface area contributed by atoms with Gasteiger partial charge in [0.15, 0.2) is 0 Å². The molecule has 1 fully saturated rings. The summed E-state index contributed by atoms with van der Waals surface area (Å²) < 4.78 is 0.748. The molecule has 7 nitrogen and oxygen atoms in total. The second kappa shape index (κ2) is 10.4. The van der Waals surface area contributed by atoms with E-state index in [-0.39, 0.29) is 30.7 Å². The number of halogens is 1. The van der Waals surface area contributed by atoms with Gasteiger partial charge in [-0.15, -0.1) is 0 Å². The first-order valence-electron chi connectivity index (χ1n) is 10.9. The Hall–Kier alpha value is -2.55. The molecule has 32 heavy (non-hydrogen) atoms. The average molecular weight is 499 g/mol. The molecule has 2 aromatic rings. The minimum absolute atomic E-state index is 0.0912. The molecule has 2 aromatic carbocycles. The van der Waals surface area contributed by atoms with E-state index in [1.54, 1.807) is 18.2 Å². The van der Waals surface area contributed by atoms with Crippen LogP contribution in [0, 0.1) is 0 Å². The Balaban J connectivity index is 1.14. The number of fused-ring (bicyclic) bond motifs is 1. The second-order valence-electron chi connectivity index (χ2n) is 8.16. The summed E-state index contributed by atoms with van der Waals surface area (Å²) in [7, 11) is 0. The predicted octanol–water partition coefficient (Wildman–Crippen LogP) is 2.37. The highest BCUT2D eigenvalue weighted by molar-refractivity contribution is 9.10. The van der Waals surface area contributed by atoms with E-state index >= 15 is 0 Å². The first kappa shape index (κ1) is 22.6. The summed E-state index contributed by atoms with van der Waals surface area (Å²) in [5, 5.41) is 2.91. The molecule has 8 heteroatoms. The number of benzene rings is 2. The Kier molecular flexibility index (Phi) is 7.34. The summed E-state index contributed by atoms with van der Waals surface area (Å²) in [6.07, 6.45) is 0.109. The number of carbonyl (C=O) groups is 3. The molecule has 0 aromatic heterocycles. The van der Waals surface area contributed by atoms with E-state index in [1.807, 2.05) is 6.07 Å². The van der Waals surface area contributed by atoms with Gasteiger partial charge < -0.3 is 5.32 Å². The highest BCUT2D eigenvalue weighted by atomic mass is 79.9. The molecule has 0 saturated carbocycles. The monoisotopic (exact) mass is 498 g/mol. The predicted molar refractivity (Wildman–Crippen MR) is 125 cm³/mol. The standard InChI is InChI=1S/C24H27BrN4O3/c25-19-6-7-20-21(16-19)24(32)29(23(20)31)10-8-22(30)26-9-11-27-12-14-28(15-13-27)17-18-4-2-1-3-5-18/h1-7,16H,8-15,17H2,(H,26,30). The number of nitrogens with zero attached hydrogens (tertiary/aromatic N) is 3. The van der Waals surface area contributed by atoms with Gasteiger partial charge in [-0.1, -0.05) is 46.3 Å². The highest BCUT2D eigenvalue weighted by Gasteiger charge is 2.35. The van der Waals surface area contributed by atoms with Gasteiger partial charge in [-0.25, -0.2) is 0 Å². The van der Waals surface area contributed by atoms with E-state index < -0.39 is 0 Å². The number of hydrogen-bond acceptors (Lipinski definition) is 5. The van der Waals surface area contributed by atoms with Crippen molar-refractivity contribution in [2.75, 3.05) is 45.8 Å². The summed E-state index contributed by atoms with van der Waals surface area (Å²) >= 11 is 3.32. The maximum Gasteiger partial charge on any atom is 0.261 e. The summed E-state index contributed by atoms with van der Waals surface area (Å²) in [5.41, 5.74) is 2.11. The van der Waals surface area contributed by atoms with Gasteiger partial charge in [0.25, 0.3) is 11.8 Å². The summed E-state index contributed by atoms with van der Waals surface area (Å²) in [4.78, 5) is 43.1. The SMILES string of the molecule is O=C(CCN1C(=O)c2ccc(Br)cc2C1=O)NCCN1CCN(Cc2ccccc2)CC1. The van der Waals surface area contributed by atoms with E-state index in [2.05, 4.69) is 55.3 Å². The minimum Gasteiger partial charge on any atom is -0.355 e. The maximum atomic E-state index is 12.5. The molecule has 2 aliphatic rings. The van der Waals surface area contributed by atoms with Crippen molar-refractivity contribution in [3.05, 3.63) is 69.7 Å². The first-order valence-corrected chi connectivity index (χ1v) is 11.7. The lowest BCUT2D eigenvalue weighted by Gasteiger charge is -2.34. The highest BCUT2D eigenvalue weighted by Crippen LogP contribution is 2.26. The van der Waals surface area contributed by atoms with E-state index in [9.17, 15) is 14.4 Å². The van der Waals surface area contributed by atoms with Crippen LogP contribution in [0.15, 0.2) is 53.0 Å². The molecule has 0 unspecified atom stereocenters. The fraction of sp³-hybridized carbons (Fsp3) is 0.375. The van der Waals surface area contributed by atoms with Crippen LogP contribution in [0.5, 0.6) is 0 Å². The van der Waals surface area contributed by atoms with Gasteiger partial charge in [-0.3, -0.25) is 29.1 Å². The molecule has 4 rings (SSSR count). The molecule has 0 bridgehead atoms. The zero-order chi connectivity index (χ0) is 22.5. The lowest BCUT2D eigenvalue weighted by atomic mass is 10.1. The Bertz CT molecular complexity index is 990. The van der Waals surface area contributed by atoms with Gasteiger partial charge in [0.1, 0.15) is 0 Å². The van der Waals surface area contributed by atoms with Crippen LogP contribution in [-0.2, 0) is 11.3 Å². The van der Waals surface area contributed by atoms with E-state index in [1.165, 1.54) is 5.56 Å². The zero-order valence-corrected chi connectivity index (χ0v) is 19.5. The van der Waals surface area contributed by atoms with Crippen LogP contribution >= 0.6 is 15.9 Å². The van der Waals surface area contributed by atoms with Crippen molar-refractivity contribution in [3.8, 4) is 0 Å². The number of hydrogen-bond donors (Lipinski definition) is 1. The van der Waals surface area contributed by atoms with Crippen LogP contribution in [-0.4, -0.2) is 78.2 Å². The average Bonchev–Trinajstić information content (AvgIpc) is 3.03. The smallest absolute Gasteiger partial charge is 0.261 e. The molecule has 2 aliphatic heterocycles. The number of carbonyl (C=O) groups excluding carboxylic acids is 3. The Morgan fingerprint density at radius 1 is 0.875 bits per heavy atom. The molecule has 0 spiro atoms. The zero-order valence-electron chi connectivity index (χ0n) is 17.9. The number of amides is 3. The molecule has 1 N–H and O–H groups in total. The van der Waals surface area contributed by atoms with Gasteiger partial charge in [0.05, 0.1) is 11.1 Å². The maximum absolute atomic E-state index is 12.5. The van der Waals surface area contributed by atoms with Crippen LogP contribution in [0.4, 0.5) is 0 Å². The number of piperazine rings is 1. The van der Waals surface area contributed by atoms with Gasteiger partial charge >= 0.3 is 0 Å². The Morgan fingerprint density at radius 2 is 1.56 bits per heavy atom. The third kappa shape index (κ3) is 5.43.